The van der Waals surface area contributed by atoms with E-state index in [1.54, 1.807) is 24.3 Å². The van der Waals surface area contributed by atoms with Crippen molar-refractivity contribution in [2.45, 2.75) is 25.9 Å². The highest BCUT2D eigenvalue weighted by molar-refractivity contribution is 5.82. The highest BCUT2D eigenvalue weighted by Gasteiger charge is 2.20. The first-order valence-corrected chi connectivity index (χ1v) is 5.10. The summed E-state index contributed by atoms with van der Waals surface area (Å²) in [6.07, 6.45) is 0. The molecule has 1 aromatic rings. The molecule has 84 valence electrons. The minimum atomic E-state index is -0.615. The van der Waals surface area contributed by atoms with Crippen LogP contribution in [0.1, 0.15) is 31.0 Å². The summed E-state index contributed by atoms with van der Waals surface area (Å²) >= 11 is 0. The normalized spacial score (nSPS) is 12.1. The summed E-state index contributed by atoms with van der Waals surface area (Å²) in [6, 6.07) is 8.52. The standard InChI is InChI=1S/C12H15N3O/c1-8(2)15-11(12(14)16)10-6-4-3-5-9(10)7-13/h3-6,8,11,15H,1-2H3,(H2,14,16). The predicted octanol–water partition coefficient (Wildman–Crippen LogP) is 1.08. The van der Waals surface area contributed by atoms with Crippen molar-refractivity contribution in [1.82, 2.24) is 5.32 Å². The third kappa shape index (κ3) is 2.81. The van der Waals surface area contributed by atoms with Gasteiger partial charge in [-0.15, -0.1) is 0 Å². The number of amides is 1. The lowest BCUT2D eigenvalue weighted by Gasteiger charge is -2.19. The van der Waals surface area contributed by atoms with Crippen LogP contribution in [0.3, 0.4) is 0 Å². The molecule has 0 aliphatic rings. The molecule has 16 heavy (non-hydrogen) atoms. The largest absolute Gasteiger partial charge is 0.368 e. The van der Waals surface area contributed by atoms with E-state index in [0.717, 1.165) is 0 Å². The smallest absolute Gasteiger partial charge is 0.239 e. The monoisotopic (exact) mass is 217 g/mol. The molecule has 4 heteroatoms. The van der Waals surface area contributed by atoms with Crippen LogP contribution < -0.4 is 11.1 Å². The Hall–Kier alpha value is -1.86. The van der Waals surface area contributed by atoms with E-state index in [0.29, 0.717) is 11.1 Å². The number of benzene rings is 1. The first kappa shape index (κ1) is 12.2. The Morgan fingerprint density at radius 2 is 2.06 bits per heavy atom. The molecule has 0 aromatic heterocycles. The maximum absolute atomic E-state index is 11.4. The van der Waals surface area contributed by atoms with Gasteiger partial charge in [-0.05, 0) is 25.5 Å². The minimum absolute atomic E-state index is 0.115. The molecule has 1 unspecified atom stereocenters. The molecule has 0 aliphatic heterocycles. The number of carbonyl (C=O) groups excluding carboxylic acids is 1. The third-order valence-corrected chi connectivity index (χ3v) is 2.18. The number of rotatable bonds is 4. The van der Waals surface area contributed by atoms with Crippen LogP contribution in [0.25, 0.3) is 0 Å². The first-order chi connectivity index (χ1) is 7.56. The molecule has 4 nitrogen and oxygen atoms in total. The maximum atomic E-state index is 11.4. The fourth-order valence-corrected chi connectivity index (χ4v) is 1.51. The van der Waals surface area contributed by atoms with Gasteiger partial charge in [0, 0.05) is 6.04 Å². The molecular formula is C12H15N3O. The van der Waals surface area contributed by atoms with Crippen molar-refractivity contribution in [3.8, 4) is 6.07 Å². The average Bonchev–Trinajstić information content (AvgIpc) is 2.25. The van der Waals surface area contributed by atoms with Crippen LogP contribution in [-0.2, 0) is 4.79 Å². The topological polar surface area (TPSA) is 78.9 Å². The van der Waals surface area contributed by atoms with E-state index in [1.165, 1.54) is 0 Å². The summed E-state index contributed by atoms with van der Waals surface area (Å²) in [6.45, 7) is 3.84. The van der Waals surface area contributed by atoms with Crippen molar-refractivity contribution in [1.29, 1.82) is 5.26 Å². The highest BCUT2D eigenvalue weighted by atomic mass is 16.1. The number of nitrogens with one attached hydrogen (secondary N) is 1. The molecule has 0 aliphatic carbocycles. The summed E-state index contributed by atoms with van der Waals surface area (Å²) in [5.41, 5.74) is 6.43. The van der Waals surface area contributed by atoms with E-state index < -0.39 is 11.9 Å². The van der Waals surface area contributed by atoms with Crippen molar-refractivity contribution < 1.29 is 4.79 Å². The van der Waals surface area contributed by atoms with Gasteiger partial charge in [-0.3, -0.25) is 10.1 Å². The lowest BCUT2D eigenvalue weighted by atomic mass is 10.00. The maximum Gasteiger partial charge on any atom is 0.239 e. The van der Waals surface area contributed by atoms with Gasteiger partial charge in [0.1, 0.15) is 6.04 Å². The van der Waals surface area contributed by atoms with Crippen LogP contribution in [0.5, 0.6) is 0 Å². The fourth-order valence-electron chi connectivity index (χ4n) is 1.51. The van der Waals surface area contributed by atoms with Crippen molar-refractivity contribution >= 4 is 5.91 Å². The van der Waals surface area contributed by atoms with Crippen LogP contribution in [0, 0.1) is 11.3 Å². The average molecular weight is 217 g/mol. The summed E-state index contributed by atoms with van der Waals surface area (Å²) in [5.74, 6) is -0.476. The number of hydrogen-bond donors (Lipinski definition) is 2. The van der Waals surface area contributed by atoms with Gasteiger partial charge in [0.25, 0.3) is 0 Å². The molecular weight excluding hydrogens is 202 g/mol. The van der Waals surface area contributed by atoms with Gasteiger partial charge in [-0.25, -0.2) is 0 Å². The first-order valence-electron chi connectivity index (χ1n) is 5.10. The van der Waals surface area contributed by atoms with Gasteiger partial charge in [-0.1, -0.05) is 18.2 Å². The van der Waals surface area contributed by atoms with Gasteiger partial charge < -0.3 is 5.73 Å². The molecule has 1 rings (SSSR count). The van der Waals surface area contributed by atoms with Gasteiger partial charge in [0.2, 0.25) is 5.91 Å². The molecule has 0 saturated heterocycles. The lowest BCUT2D eigenvalue weighted by Crippen LogP contribution is -2.37. The second-order valence-corrected chi connectivity index (χ2v) is 3.86. The summed E-state index contributed by atoms with van der Waals surface area (Å²) in [7, 11) is 0. The SMILES string of the molecule is CC(C)NC(C(N)=O)c1ccccc1C#N. The molecule has 0 heterocycles. The molecule has 0 fully saturated rings. The highest BCUT2D eigenvalue weighted by Crippen LogP contribution is 2.17. The Morgan fingerprint density at radius 1 is 1.44 bits per heavy atom. The third-order valence-electron chi connectivity index (χ3n) is 2.18. The van der Waals surface area contributed by atoms with Gasteiger partial charge >= 0.3 is 0 Å². The predicted molar refractivity (Wildman–Crippen MR) is 61.4 cm³/mol. The molecule has 0 saturated carbocycles. The van der Waals surface area contributed by atoms with Gasteiger partial charge in [-0.2, -0.15) is 5.26 Å². The number of hydrogen-bond acceptors (Lipinski definition) is 3. The summed E-state index contributed by atoms with van der Waals surface area (Å²) < 4.78 is 0. The van der Waals surface area contributed by atoms with E-state index >= 15 is 0 Å². The quantitative estimate of drug-likeness (QED) is 0.792. The fraction of sp³-hybridized carbons (Fsp3) is 0.333. The number of nitriles is 1. The van der Waals surface area contributed by atoms with E-state index in [2.05, 4.69) is 11.4 Å². The number of nitrogens with two attached hydrogens (primary N) is 1. The Labute approximate surface area is 95.1 Å². The number of nitrogens with zero attached hydrogens (tertiary/aromatic N) is 1. The van der Waals surface area contributed by atoms with Crippen molar-refractivity contribution in [3.63, 3.8) is 0 Å². The zero-order valence-electron chi connectivity index (χ0n) is 9.40. The van der Waals surface area contributed by atoms with Crippen LogP contribution in [-0.4, -0.2) is 11.9 Å². The van der Waals surface area contributed by atoms with Crippen molar-refractivity contribution in [3.05, 3.63) is 35.4 Å². The molecule has 0 bridgehead atoms. The Morgan fingerprint density at radius 3 is 2.56 bits per heavy atom. The van der Waals surface area contributed by atoms with Crippen LogP contribution in [0.2, 0.25) is 0 Å². The Bertz CT molecular complexity index is 421. The van der Waals surface area contributed by atoms with Crippen LogP contribution >= 0.6 is 0 Å². The zero-order chi connectivity index (χ0) is 12.1. The van der Waals surface area contributed by atoms with Crippen LogP contribution in [0.4, 0.5) is 0 Å². The van der Waals surface area contributed by atoms with E-state index in [-0.39, 0.29) is 6.04 Å². The van der Waals surface area contributed by atoms with E-state index in [1.807, 2.05) is 13.8 Å². The molecule has 3 N–H and O–H groups in total. The number of primary amides is 1. The molecule has 1 amide bonds. The summed E-state index contributed by atoms with van der Waals surface area (Å²) in [5, 5.41) is 12.0. The Balaban J connectivity index is 3.11. The van der Waals surface area contributed by atoms with E-state index in [9.17, 15) is 4.79 Å². The minimum Gasteiger partial charge on any atom is -0.368 e. The van der Waals surface area contributed by atoms with Crippen molar-refractivity contribution in [2.24, 2.45) is 5.73 Å². The molecule has 0 radical (unpaired) electrons. The molecule has 1 aromatic carbocycles. The second kappa shape index (κ2) is 5.29. The van der Waals surface area contributed by atoms with Gasteiger partial charge in [0.15, 0.2) is 0 Å². The number of carbonyl (C=O) groups is 1. The van der Waals surface area contributed by atoms with Gasteiger partial charge in [0.05, 0.1) is 11.6 Å². The molecule has 0 spiro atoms. The van der Waals surface area contributed by atoms with Crippen LogP contribution in [0.15, 0.2) is 24.3 Å². The molecule has 1 atom stereocenters. The zero-order valence-corrected chi connectivity index (χ0v) is 9.40. The van der Waals surface area contributed by atoms with Crippen molar-refractivity contribution in [2.75, 3.05) is 0 Å². The Kier molecular flexibility index (Phi) is 4.03. The second-order valence-electron chi connectivity index (χ2n) is 3.86. The van der Waals surface area contributed by atoms with E-state index in [4.69, 9.17) is 11.0 Å². The summed E-state index contributed by atoms with van der Waals surface area (Å²) in [4.78, 5) is 11.4. The lowest BCUT2D eigenvalue weighted by molar-refractivity contribution is -0.120.